The first-order chi connectivity index (χ1) is 16.7. The highest BCUT2D eigenvalue weighted by molar-refractivity contribution is 8.02. The number of carbonyl (C=O) groups excluding carboxylic acids is 2. The van der Waals surface area contributed by atoms with Crippen molar-refractivity contribution in [2.45, 2.75) is 16.4 Å². The number of nitrogens with two attached hydrogens (primary N) is 3. The van der Waals surface area contributed by atoms with E-state index in [1.54, 1.807) is 11.5 Å². The molecule has 0 aliphatic carbocycles. The number of carbonyl (C=O) groups is 3. The van der Waals surface area contributed by atoms with Gasteiger partial charge < -0.3 is 32.8 Å². The number of anilines is 3. The molecule has 0 bridgehead atoms. The number of nitrogens with one attached hydrogen (secondary N) is 1. The molecule has 0 radical (unpaired) electrons. The molecule has 0 saturated carbocycles. The highest BCUT2D eigenvalue weighted by atomic mass is 32.2. The molecule has 1 saturated heterocycles. The van der Waals surface area contributed by atoms with E-state index in [0.717, 1.165) is 28.2 Å². The number of hydrogen-bond acceptors (Lipinski definition) is 15. The summed E-state index contributed by atoms with van der Waals surface area (Å²) in [6.07, 6.45) is 1.56. The van der Waals surface area contributed by atoms with Gasteiger partial charge in [0.2, 0.25) is 17.5 Å². The fourth-order valence-electron chi connectivity index (χ4n) is 3.21. The molecule has 0 unspecified atom stereocenters. The fourth-order valence-corrected chi connectivity index (χ4v) is 5.67. The SMILES string of the molecule is Nc1cc(S/C=C/C2=C(C(=O)O)N3C(=O)[C@@H](NC(=O)/C(=N\O)c4nsc(N)n4)[C@H]3SC2)nc(N)n1. The standard InChI is InChI=1S/C17H16N10O5S3/c18-6-3-7(22-16(19)21-6)33-2-1-5-4-34-14-9(13(29)27(14)10(5)15(30)31)23-12(28)8(25-32)11-24-17(20)35-26-11/h1-3,9,14,32H,4H2,(H,23,28)(H,30,31)(H2,20,24,26)(H4,18,19,21,22)/b2-1+,25-8-/t9-,14-/m1/s1. The van der Waals surface area contributed by atoms with Crippen molar-refractivity contribution in [3.8, 4) is 0 Å². The van der Waals surface area contributed by atoms with Gasteiger partial charge in [-0.1, -0.05) is 16.9 Å². The second-order valence-electron chi connectivity index (χ2n) is 6.85. The number of rotatable bonds is 7. The summed E-state index contributed by atoms with van der Waals surface area (Å²) < 4.78 is 3.80. The molecule has 2 aromatic rings. The Hall–Kier alpha value is -3.90. The summed E-state index contributed by atoms with van der Waals surface area (Å²) in [5.41, 5.74) is 16.3. The Kier molecular flexibility index (Phi) is 6.76. The minimum absolute atomic E-state index is 0.00472. The van der Waals surface area contributed by atoms with E-state index < -0.39 is 34.9 Å². The van der Waals surface area contributed by atoms with E-state index in [2.05, 4.69) is 29.8 Å². The zero-order chi connectivity index (χ0) is 25.3. The lowest BCUT2D eigenvalue weighted by Gasteiger charge is -2.49. The minimum atomic E-state index is -1.30. The molecule has 35 heavy (non-hydrogen) atoms. The summed E-state index contributed by atoms with van der Waals surface area (Å²) >= 11 is 3.20. The molecular formula is C17H16N10O5S3. The van der Waals surface area contributed by atoms with Crippen LogP contribution in [0.15, 0.2) is 39.0 Å². The number of amides is 2. The minimum Gasteiger partial charge on any atom is -0.477 e. The normalized spacial score (nSPS) is 20.1. The third kappa shape index (κ3) is 4.84. The number of fused-ring (bicyclic) bond motifs is 1. The number of β-lactam (4-membered cyclic amide) rings is 1. The first kappa shape index (κ1) is 24.2. The molecule has 182 valence electrons. The van der Waals surface area contributed by atoms with Crippen molar-refractivity contribution in [1.29, 1.82) is 0 Å². The second-order valence-corrected chi connectivity index (χ2v) is 9.67. The Morgan fingerprint density at radius 2 is 2.06 bits per heavy atom. The van der Waals surface area contributed by atoms with Gasteiger partial charge in [0.05, 0.1) is 0 Å². The monoisotopic (exact) mass is 536 g/mol. The molecule has 2 aliphatic rings. The molecule has 2 aliphatic heterocycles. The summed E-state index contributed by atoms with van der Waals surface area (Å²) in [5, 5.41) is 25.7. The van der Waals surface area contributed by atoms with E-state index in [0.29, 0.717) is 10.6 Å². The summed E-state index contributed by atoms with van der Waals surface area (Å²) in [5.74, 6) is -2.59. The fraction of sp³-hybridized carbons (Fsp3) is 0.176. The number of allylic oxidation sites excluding steroid dienone is 1. The van der Waals surface area contributed by atoms with Crippen molar-refractivity contribution in [3.05, 3.63) is 34.6 Å². The van der Waals surface area contributed by atoms with Crippen molar-refractivity contribution < 1.29 is 24.7 Å². The molecule has 2 amide bonds. The van der Waals surface area contributed by atoms with E-state index in [4.69, 9.17) is 17.2 Å². The Morgan fingerprint density at radius 3 is 2.69 bits per heavy atom. The van der Waals surface area contributed by atoms with Gasteiger partial charge in [-0.05, 0) is 17.1 Å². The summed E-state index contributed by atoms with van der Waals surface area (Å²) in [6, 6.07) is 0.469. The van der Waals surface area contributed by atoms with Crippen molar-refractivity contribution >= 4 is 75.4 Å². The molecule has 4 heterocycles. The van der Waals surface area contributed by atoms with Crippen LogP contribution < -0.4 is 22.5 Å². The van der Waals surface area contributed by atoms with Crippen LogP contribution in [-0.2, 0) is 14.4 Å². The zero-order valence-electron chi connectivity index (χ0n) is 17.4. The second kappa shape index (κ2) is 9.76. The Labute approximate surface area is 208 Å². The number of aliphatic carboxylic acids is 1. The Balaban J connectivity index is 1.48. The van der Waals surface area contributed by atoms with Crippen LogP contribution in [0, 0.1) is 0 Å². The first-order valence-corrected chi connectivity index (χ1v) is 12.2. The van der Waals surface area contributed by atoms with E-state index in [1.807, 2.05) is 0 Å². The molecule has 18 heteroatoms. The van der Waals surface area contributed by atoms with Crippen LogP contribution in [0.3, 0.4) is 0 Å². The van der Waals surface area contributed by atoms with Crippen LogP contribution in [0.25, 0.3) is 0 Å². The van der Waals surface area contributed by atoms with Crippen LogP contribution in [0.2, 0.25) is 0 Å². The molecule has 9 N–H and O–H groups in total. The number of oxime groups is 1. The van der Waals surface area contributed by atoms with Crippen molar-refractivity contribution in [3.63, 3.8) is 0 Å². The van der Waals surface area contributed by atoms with E-state index in [1.165, 1.54) is 17.8 Å². The lowest BCUT2D eigenvalue weighted by atomic mass is 10.0. The number of nitrogens with zero attached hydrogens (tertiary/aromatic N) is 6. The highest BCUT2D eigenvalue weighted by Crippen LogP contribution is 2.41. The van der Waals surface area contributed by atoms with Crippen LogP contribution in [0.5, 0.6) is 0 Å². The Morgan fingerprint density at radius 1 is 1.29 bits per heavy atom. The number of thioether (sulfide) groups is 2. The van der Waals surface area contributed by atoms with Gasteiger partial charge in [0.25, 0.3) is 11.8 Å². The zero-order valence-corrected chi connectivity index (χ0v) is 19.8. The van der Waals surface area contributed by atoms with Gasteiger partial charge in [0.15, 0.2) is 5.13 Å². The van der Waals surface area contributed by atoms with Crippen LogP contribution in [0.1, 0.15) is 5.82 Å². The quantitative estimate of drug-likeness (QED) is 0.0639. The molecule has 2 atom stereocenters. The van der Waals surface area contributed by atoms with Gasteiger partial charge in [-0.25, -0.2) is 9.78 Å². The van der Waals surface area contributed by atoms with E-state index in [9.17, 15) is 24.7 Å². The van der Waals surface area contributed by atoms with Gasteiger partial charge in [-0.15, -0.1) is 11.8 Å². The number of nitrogen functional groups attached to an aromatic ring is 3. The first-order valence-electron chi connectivity index (χ1n) is 9.46. The maximum Gasteiger partial charge on any atom is 0.352 e. The van der Waals surface area contributed by atoms with Crippen LogP contribution >= 0.6 is 35.1 Å². The topological polar surface area (TPSA) is 249 Å². The summed E-state index contributed by atoms with van der Waals surface area (Å²) in [7, 11) is 0. The summed E-state index contributed by atoms with van der Waals surface area (Å²) in [4.78, 5) is 50.0. The highest BCUT2D eigenvalue weighted by Gasteiger charge is 2.54. The predicted molar refractivity (Wildman–Crippen MR) is 128 cm³/mol. The van der Waals surface area contributed by atoms with E-state index >= 15 is 0 Å². The maximum atomic E-state index is 12.8. The van der Waals surface area contributed by atoms with Crippen molar-refractivity contribution in [1.82, 2.24) is 29.5 Å². The number of carboxylic acids is 1. The average Bonchev–Trinajstić information content (AvgIpc) is 3.22. The number of hydrogen-bond donors (Lipinski definition) is 6. The molecule has 15 nitrogen and oxygen atoms in total. The predicted octanol–water partition coefficient (Wildman–Crippen LogP) is -0.702. The maximum absolute atomic E-state index is 12.8. The molecule has 0 aromatic carbocycles. The van der Waals surface area contributed by atoms with Crippen LogP contribution in [-0.4, -0.2) is 75.2 Å². The third-order valence-electron chi connectivity index (χ3n) is 4.65. The third-order valence-corrected chi connectivity index (χ3v) is 7.22. The lowest BCUT2D eigenvalue weighted by molar-refractivity contribution is -0.150. The number of aromatic nitrogens is 4. The molecule has 4 rings (SSSR count). The lowest BCUT2D eigenvalue weighted by Crippen LogP contribution is -2.71. The Bertz CT molecular complexity index is 1290. The molecule has 0 spiro atoms. The average molecular weight is 537 g/mol. The molecule has 1 fully saturated rings. The van der Waals surface area contributed by atoms with Gasteiger partial charge in [-0.2, -0.15) is 14.3 Å². The summed E-state index contributed by atoms with van der Waals surface area (Å²) in [6.45, 7) is 0. The largest absolute Gasteiger partial charge is 0.477 e. The van der Waals surface area contributed by atoms with Crippen molar-refractivity contribution in [2.75, 3.05) is 23.0 Å². The van der Waals surface area contributed by atoms with Gasteiger partial charge in [0, 0.05) is 23.4 Å². The number of carboxylic acid groups (broad SMARTS) is 1. The van der Waals surface area contributed by atoms with Crippen LogP contribution in [0.4, 0.5) is 16.9 Å². The van der Waals surface area contributed by atoms with Gasteiger partial charge in [-0.3, -0.25) is 14.5 Å². The van der Waals surface area contributed by atoms with Gasteiger partial charge in [0.1, 0.15) is 28.0 Å². The van der Waals surface area contributed by atoms with Crippen molar-refractivity contribution in [2.24, 2.45) is 5.16 Å². The molecule has 2 aromatic heterocycles. The smallest absolute Gasteiger partial charge is 0.352 e. The van der Waals surface area contributed by atoms with Gasteiger partial charge >= 0.3 is 5.97 Å². The van der Waals surface area contributed by atoms with E-state index in [-0.39, 0.29) is 34.2 Å². The molecular weight excluding hydrogens is 520 g/mol.